The smallest absolute Gasteiger partial charge is 0.345 e. The number of aromatic nitrogens is 3. The zero-order valence-electron chi connectivity index (χ0n) is 21.3. The molecule has 0 amide bonds. The second kappa shape index (κ2) is 12.5. The van der Waals surface area contributed by atoms with E-state index in [-0.39, 0.29) is 15.8 Å². The summed E-state index contributed by atoms with van der Waals surface area (Å²) >= 11 is 4.99. The van der Waals surface area contributed by atoms with Crippen LogP contribution in [0.1, 0.15) is 37.3 Å². The molecule has 1 aliphatic heterocycles. The lowest BCUT2D eigenvalue weighted by atomic mass is 10.1. The lowest BCUT2D eigenvalue weighted by Gasteiger charge is -2.24. The van der Waals surface area contributed by atoms with Gasteiger partial charge in [-0.05, 0) is 36.4 Å². The predicted octanol–water partition coefficient (Wildman–Crippen LogP) is 3.51. The van der Waals surface area contributed by atoms with Crippen LogP contribution in [-0.4, -0.2) is 57.6 Å². The van der Waals surface area contributed by atoms with Crippen LogP contribution >= 0.6 is 12.2 Å². The number of rotatable bonds is 8. The summed E-state index contributed by atoms with van der Waals surface area (Å²) in [6, 6.07) is 24.5. The molecule has 0 bridgehead atoms. The maximum absolute atomic E-state index is 13.1. The molecule has 0 spiro atoms. The molecular formula is C29H23N3O8S. The molecule has 0 aliphatic carbocycles. The minimum absolute atomic E-state index is 0.0717. The highest BCUT2D eigenvalue weighted by molar-refractivity contribution is 7.71. The first-order valence-corrected chi connectivity index (χ1v) is 12.9. The van der Waals surface area contributed by atoms with Gasteiger partial charge in [0, 0.05) is 0 Å². The maximum Gasteiger partial charge on any atom is 0.345 e. The Morgan fingerprint density at radius 1 is 0.780 bits per heavy atom. The van der Waals surface area contributed by atoms with Crippen molar-refractivity contribution in [3.05, 3.63) is 129 Å². The first-order chi connectivity index (χ1) is 19.9. The summed E-state index contributed by atoms with van der Waals surface area (Å²) in [5.74, 6) is -2.15. The molecule has 1 aliphatic rings. The number of aromatic amines is 1. The topological polar surface area (TPSA) is 139 Å². The minimum atomic E-state index is -1.37. The van der Waals surface area contributed by atoms with Crippen LogP contribution in [0.4, 0.5) is 0 Å². The molecule has 41 heavy (non-hydrogen) atoms. The van der Waals surface area contributed by atoms with E-state index >= 15 is 0 Å². The van der Waals surface area contributed by atoms with Crippen LogP contribution in [0.25, 0.3) is 0 Å². The van der Waals surface area contributed by atoms with Crippen molar-refractivity contribution in [2.75, 3.05) is 6.61 Å². The standard InChI is InChI=1S/C29H23N3O8S/c33-26(18-10-4-1-5-11-18)37-17-21-23(39-27(34)19-12-6-2-7-13-19)24(40-28(35)20-14-8-3-9-15-20)25(38-21)32-29(36)31-22(41)16-30-32/h1-16,21,23-25H,17H2,(H,31,36,41)/t21-,23+,24+,25-/m0/s1. The Labute approximate surface area is 238 Å². The molecule has 3 aromatic carbocycles. The number of nitrogens with one attached hydrogen (secondary N) is 1. The van der Waals surface area contributed by atoms with Gasteiger partial charge in [0.25, 0.3) is 0 Å². The lowest BCUT2D eigenvalue weighted by Crippen LogP contribution is -2.43. The number of ether oxygens (including phenoxy) is 4. The molecular weight excluding hydrogens is 550 g/mol. The van der Waals surface area contributed by atoms with Crippen LogP contribution in [0.2, 0.25) is 0 Å². The van der Waals surface area contributed by atoms with Crippen molar-refractivity contribution in [2.45, 2.75) is 24.5 Å². The van der Waals surface area contributed by atoms with Gasteiger partial charge in [-0.25, -0.2) is 19.2 Å². The van der Waals surface area contributed by atoms with Crippen molar-refractivity contribution >= 4 is 30.1 Å². The van der Waals surface area contributed by atoms with Gasteiger partial charge in [-0.15, -0.1) is 0 Å². The predicted molar refractivity (Wildman–Crippen MR) is 146 cm³/mol. The van der Waals surface area contributed by atoms with Crippen LogP contribution in [0.5, 0.6) is 0 Å². The van der Waals surface area contributed by atoms with E-state index in [0.717, 1.165) is 4.68 Å². The zero-order valence-corrected chi connectivity index (χ0v) is 22.1. The normalized spacial score (nSPS) is 19.7. The van der Waals surface area contributed by atoms with E-state index in [0.29, 0.717) is 5.56 Å². The Hall–Kier alpha value is -4.94. The van der Waals surface area contributed by atoms with Crippen LogP contribution in [-0.2, 0) is 18.9 Å². The van der Waals surface area contributed by atoms with Crippen molar-refractivity contribution in [1.29, 1.82) is 0 Å². The second-order valence-corrected chi connectivity index (χ2v) is 9.32. The van der Waals surface area contributed by atoms with Gasteiger partial charge in [-0.1, -0.05) is 66.8 Å². The zero-order chi connectivity index (χ0) is 28.8. The van der Waals surface area contributed by atoms with E-state index in [4.69, 9.17) is 31.2 Å². The van der Waals surface area contributed by atoms with E-state index in [9.17, 15) is 19.2 Å². The monoisotopic (exact) mass is 573 g/mol. The summed E-state index contributed by atoms with van der Waals surface area (Å²) in [5.41, 5.74) is -0.0203. The molecule has 12 heteroatoms. The number of hydrogen-bond donors (Lipinski definition) is 1. The van der Waals surface area contributed by atoms with Crippen molar-refractivity contribution in [3.8, 4) is 0 Å². The van der Waals surface area contributed by atoms with E-state index in [1.54, 1.807) is 91.0 Å². The van der Waals surface area contributed by atoms with Crippen LogP contribution < -0.4 is 5.69 Å². The maximum atomic E-state index is 13.1. The Balaban J connectivity index is 1.50. The minimum Gasteiger partial charge on any atom is -0.459 e. The Kier molecular flexibility index (Phi) is 8.42. The number of H-pyrrole nitrogens is 1. The van der Waals surface area contributed by atoms with Gasteiger partial charge >= 0.3 is 23.6 Å². The SMILES string of the molecule is O=C(OC[C@@H]1O[C@H](n2ncc(=S)[nH]c2=O)[C@H](OC(=O)c2ccccc2)[C@@H]1OC(=O)c1ccccc1)c1ccccc1. The summed E-state index contributed by atoms with van der Waals surface area (Å²) < 4.78 is 24.1. The fourth-order valence-electron chi connectivity index (χ4n) is 4.20. The Morgan fingerprint density at radius 2 is 1.27 bits per heavy atom. The first-order valence-electron chi connectivity index (χ1n) is 12.5. The Bertz CT molecular complexity index is 1640. The lowest BCUT2D eigenvalue weighted by molar-refractivity contribution is -0.0699. The van der Waals surface area contributed by atoms with Crippen molar-refractivity contribution in [1.82, 2.24) is 14.8 Å². The number of nitrogens with zero attached hydrogens (tertiary/aromatic N) is 2. The summed E-state index contributed by atoms with van der Waals surface area (Å²) in [6.07, 6.45) is -3.97. The van der Waals surface area contributed by atoms with Crippen molar-refractivity contribution < 1.29 is 33.3 Å². The van der Waals surface area contributed by atoms with Crippen LogP contribution in [0, 0.1) is 4.64 Å². The van der Waals surface area contributed by atoms with Crippen LogP contribution in [0.3, 0.4) is 0 Å². The molecule has 1 N–H and O–H groups in total. The third kappa shape index (κ3) is 6.45. The average molecular weight is 574 g/mol. The Morgan fingerprint density at radius 3 is 1.78 bits per heavy atom. The highest BCUT2D eigenvalue weighted by Gasteiger charge is 2.52. The van der Waals surface area contributed by atoms with Gasteiger partial charge in [0.05, 0.1) is 22.9 Å². The molecule has 208 valence electrons. The largest absolute Gasteiger partial charge is 0.459 e. The van der Waals surface area contributed by atoms with Gasteiger partial charge in [-0.3, -0.25) is 4.98 Å². The molecule has 1 aromatic heterocycles. The van der Waals surface area contributed by atoms with Crippen LogP contribution in [0.15, 0.2) is 102 Å². The van der Waals surface area contributed by atoms with Crippen molar-refractivity contribution in [3.63, 3.8) is 0 Å². The first kappa shape index (κ1) is 27.6. The molecule has 1 fully saturated rings. The highest BCUT2D eigenvalue weighted by Crippen LogP contribution is 2.34. The van der Waals surface area contributed by atoms with Gasteiger partial charge in [0.15, 0.2) is 18.4 Å². The highest BCUT2D eigenvalue weighted by atomic mass is 32.1. The van der Waals surface area contributed by atoms with E-state index < -0.39 is 54.7 Å². The molecule has 0 saturated carbocycles. The fourth-order valence-corrected chi connectivity index (χ4v) is 4.33. The average Bonchev–Trinajstić information content (AvgIpc) is 3.33. The fraction of sp³-hybridized carbons (Fsp3) is 0.172. The van der Waals surface area contributed by atoms with Gasteiger partial charge in [0.1, 0.15) is 17.4 Å². The van der Waals surface area contributed by atoms with E-state index in [2.05, 4.69) is 10.1 Å². The number of esters is 3. The summed E-state index contributed by atoms with van der Waals surface area (Å²) in [4.78, 5) is 54.2. The third-order valence-electron chi connectivity index (χ3n) is 6.16. The molecule has 0 radical (unpaired) electrons. The molecule has 11 nitrogen and oxygen atoms in total. The quantitative estimate of drug-likeness (QED) is 0.189. The molecule has 4 atom stereocenters. The third-order valence-corrected chi connectivity index (χ3v) is 6.37. The van der Waals surface area contributed by atoms with Gasteiger partial charge in [-0.2, -0.15) is 9.78 Å². The van der Waals surface area contributed by atoms with E-state index in [1.165, 1.54) is 6.20 Å². The molecule has 2 heterocycles. The second-order valence-electron chi connectivity index (χ2n) is 8.89. The molecule has 0 unspecified atom stereocenters. The molecule has 5 rings (SSSR count). The van der Waals surface area contributed by atoms with E-state index in [1.807, 2.05) is 0 Å². The van der Waals surface area contributed by atoms with Gasteiger partial charge in [0.2, 0.25) is 0 Å². The number of hydrogen-bond acceptors (Lipinski definition) is 10. The number of carbonyl (C=O) groups is 3. The summed E-state index contributed by atoms with van der Waals surface area (Å²) in [6.45, 7) is -0.395. The molecule has 4 aromatic rings. The molecule has 1 saturated heterocycles. The van der Waals surface area contributed by atoms with Crippen molar-refractivity contribution in [2.24, 2.45) is 0 Å². The van der Waals surface area contributed by atoms with Gasteiger partial charge < -0.3 is 18.9 Å². The number of carbonyl (C=O) groups excluding carboxylic acids is 3. The summed E-state index contributed by atoms with van der Waals surface area (Å²) in [5, 5.41) is 4.04. The summed E-state index contributed by atoms with van der Waals surface area (Å²) in [7, 11) is 0. The number of benzene rings is 3.